The molecule has 82 valence electrons. The summed E-state index contributed by atoms with van der Waals surface area (Å²) in [6, 6.07) is 4.36. The Hall–Kier alpha value is -0.540. The predicted molar refractivity (Wildman–Crippen MR) is 68.6 cm³/mol. The quantitative estimate of drug-likeness (QED) is 0.780. The highest BCUT2D eigenvalue weighted by Crippen LogP contribution is 2.23. The summed E-state index contributed by atoms with van der Waals surface area (Å²) in [4.78, 5) is -0.00561. The molecule has 1 saturated heterocycles. The number of halogens is 1. The Morgan fingerprint density at radius 2 is 2.00 bits per heavy atom. The van der Waals surface area contributed by atoms with Crippen LogP contribution in [-0.2, 0) is 0 Å². The molecule has 1 aliphatic heterocycles. The van der Waals surface area contributed by atoms with Gasteiger partial charge in [0.05, 0.1) is 5.48 Å². The van der Waals surface area contributed by atoms with Crippen LogP contribution in [0.4, 0.5) is 5.69 Å². The molecule has 1 heterocycles. The fraction of sp³-hybridized carbons (Fsp3) is 0.500. The molecule has 0 spiro atoms. The molecular formula is C12H17BrN2. The van der Waals surface area contributed by atoms with Crippen molar-refractivity contribution in [1.82, 2.24) is 4.90 Å². The van der Waals surface area contributed by atoms with Gasteiger partial charge in [0.25, 0.3) is 0 Å². The summed E-state index contributed by atoms with van der Waals surface area (Å²) in [5.74, 6) is 0. The maximum absolute atomic E-state index is 8.21. The van der Waals surface area contributed by atoms with Crippen molar-refractivity contribution in [1.29, 1.82) is 0 Å². The van der Waals surface area contributed by atoms with E-state index in [1.54, 1.807) is 13.0 Å². The highest BCUT2D eigenvalue weighted by Gasteiger charge is 2.14. The molecule has 0 atom stereocenters. The van der Waals surface area contributed by atoms with Gasteiger partial charge in [0.2, 0.25) is 0 Å². The van der Waals surface area contributed by atoms with E-state index in [0.29, 0.717) is 14.9 Å². The smallest absolute Gasteiger partial charge is 0.0506 e. The molecule has 15 heavy (non-hydrogen) atoms. The Morgan fingerprint density at radius 1 is 1.27 bits per heavy atom. The zero-order valence-corrected chi connectivity index (χ0v) is 9.59. The number of anilines is 1. The molecule has 0 N–H and O–H groups in total. The predicted octanol–water partition coefficient (Wildman–Crippen LogP) is 2.51. The van der Waals surface area contributed by atoms with Gasteiger partial charge in [-0.15, -0.1) is 0 Å². The fourth-order valence-electron chi connectivity index (χ4n) is 1.23. The normalized spacial score (nSPS) is 43.3. The number of piperazine rings is 1. The Labute approximate surface area is 115 Å². The van der Waals surface area contributed by atoms with E-state index in [1.165, 1.54) is 12.1 Å². The van der Waals surface area contributed by atoms with Crippen molar-refractivity contribution in [2.45, 2.75) is 6.92 Å². The van der Waals surface area contributed by atoms with Crippen LogP contribution in [0.5, 0.6) is 0 Å². The minimum atomic E-state index is -3.41. The van der Waals surface area contributed by atoms with Gasteiger partial charge >= 0.3 is 0 Å². The van der Waals surface area contributed by atoms with Gasteiger partial charge in [0, 0.05) is 45.7 Å². The van der Waals surface area contributed by atoms with Crippen LogP contribution < -0.4 is 4.90 Å². The average molecular weight is 280 g/mol. The summed E-state index contributed by atoms with van der Waals surface area (Å²) in [6.07, 6.45) is 0. The molecule has 0 amide bonds. The second kappa shape index (κ2) is 4.54. The highest BCUT2D eigenvalue weighted by atomic mass is 79.9. The standard InChI is InChI=1S/C12H17BrN2/c1-10-7-11(13)9-12(8-10)15-5-3-14(2)4-6-15/h7-9H,3-6H2,1-2H3/i2D3,3D2,4D2,5D2,6D2. The molecule has 2 rings (SSSR count). The SMILES string of the molecule is [2H]C([2H])([2H])N1C([2H])([2H])C([2H])([2H])N(c2cc(C)cc(Br)c2)C([2H])([2H])C1([2H])[2H]. The molecule has 3 heteroatoms. The first-order chi connectivity index (χ1) is 11.4. The van der Waals surface area contributed by atoms with E-state index >= 15 is 0 Å². The van der Waals surface area contributed by atoms with Crippen LogP contribution >= 0.6 is 15.9 Å². The number of likely N-dealkylation sites (N-methyl/N-ethyl adjacent to an activating group) is 1. The van der Waals surface area contributed by atoms with Crippen LogP contribution in [0.15, 0.2) is 22.7 Å². The van der Waals surface area contributed by atoms with Crippen molar-refractivity contribution < 1.29 is 15.1 Å². The van der Waals surface area contributed by atoms with Gasteiger partial charge in [-0.2, -0.15) is 0 Å². The Bertz CT molecular complexity index is 667. The first kappa shape index (κ1) is 3.74. The van der Waals surface area contributed by atoms with Crippen LogP contribution in [0.3, 0.4) is 0 Å². The molecule has 0 saturated carbocycles. The van der Waals surface area contributed by atoms with Crippen LogP contribution in [-0.4, -0.2) is 37.9 Å². The van der Waals surface area contributed by atoms with Crippen LogP contribution in [0.25, 0.3) is 0 Å². The van der Waals surface area contributed by atoms with E-state index < -0.39 is 33.0 Å². The molecule has 0 aliphatic carbocycles. The molecule has 1 aromatic rings. The number of hydrogen-bond acceptors (Lipinski definition) is 2. The second-order valence-electron chi connectivity index (χ2n) is 3.10. The highest BCUT2D eigenvalue weighted by molar-refractivity contribution is 9.10. The Balaban J connectivity index is 2.83. The van der Waals surface area contributed by atoms with E-state index in [-0.39, 0.29) is 10.6 Å². The van der Waals surface area contributed by atoms with Crippen molar-refractivity contribution in [3.8, 4) is 0 Å². The van der Waals surface area contributed by atoms with Gasteiger partial charge < -0.3 is 9.80 Å². The molecule has 0 bridgehead atoms. The maximum atomic E-state index is 8.21. The van der Waals surface area contributed by atoms with Gasteiger partial charge in [-0.25, -0.2) is 0 Å². The van der Waals surface area contributed by atoms with Crippen molar-refractivity contribution in [3.05, 3.63) is 28.2 Å². The van der Waals surface area contributed by atoms with Gasteiger partial charge in [0.15, 0.2) is 0 Å². The topological polar surface area (TPSA) is 6.48 Å². The number of aryl methyl sites for hydroxylation is 1. The molecule has 1 aromatic carbocycles. The third kappa shape index (κ3) is 2.73. The Morgan fingerprint density at radius 3 is 2.60 bits per heavy atom. The van der Waals surface area contributed by atoms with E-state index in [9.17, 15) is 0 Å². The van der Waals surface area contributed by atoms with E-state index in [4.69, 9.17) is 15.1 Å². The average Bonchev–Trinajstić information content (AvgIpc) is 2.31. The summed E-state index contributed by atoms with van der Waals surface area (Å²) in [6.45, 7) is -14.9. The second-order valence-corrected chi connectivity index (χ2v) is 4.02. The molecular weight excluding hydrogens is 252 g/mol. The van der Waals surface area contributed by atoms with Crippen molar-refractivity contribution in [2.75, 3.05) is 37.9 Å². The first-order valence-corrected chi connectivity index (χ1v) is 5.06. The molecule has 0 unspecified atom stereocenters. The third-order valence-electron chi connectivity index (χ3n) is 1.83. The lowest BCUT2D eigenvalue weighted by Crippen LogP contribution is -2.44. The number of hydrogen-bond donors (Lipinski definition) is 0. The van der Waals surface area contributed by atoms with Crippen LogP contribution in [0.1, 0.15) is 20.6 Å². The third-order valence-corrected chi connectivity index (χ3v) is 2.29. The van der Waals surface area contributed by atoms with Crippen LogP contribution in [0.2, 0.25) is 0 Å². The first-order valence-electron chi connectivity index (χ1n) is 9.76. The van der Waals surface area contributed by atoms with Crippen LogP contribution in [0, 0.1) is 6.92 Å². The van der Waals surface area contributed by atoms with E-state index in [2.05, 4.69) is 15.9 Å². The summed E-state index contributed by atoms with van der Waals surface area (Å²) in [5, 5.41) is 0. The van der Waals surface area contributed by atoms with Gasteiger partial charge in [-0.1, -0.05) is 15.9 Å². The summed E-state index contributed by atoms with van der Waals surface area (Å²) in [7, 11) is 0. The molecule has 1 fully saturated rings. The zero-order chi connectivity index (χ0) is 20.5. The number of rotatable bonds is 1. The summed E-state index contributed by atoms with van der Waals surface area (Å²) < 4.78 is 87.9. The zero-order valence-electron chi connectivity index (χ0n) is 19.0. The summed E-state index contributed by atoms with van der Waals surface area (Å²) >= 11 is 3.20. The lowest BCUT2D eigenvalue weighted by molar-refractivity contribution is 0.313. The summed E-state index contributed by atoms with van der Waals surface area (Å²) in [5.41, 5.74) is 0.477. The van der Waals surface area contributed by atoms with E-state index in [0.717, 1.165) is 0 Å². The molecule has 0 radical (unpaired) electrons. The minimum absolute atomic E-state index is 0.121. The molecule has 2 nitrogen and oxygen atoms in total. The lowest BCUT2D eigenvalue weighted by Gasteiger charge is -2.34. The van der Waals surface area contributed by atoms with Gasteiger partial charge in [-0.3, -0.25) is 0 Å². The largest absolute Gasteiger partial charge is 0.369 e. The number of benzene rings is 1. The van der Waals surface area contributed by atoms with Gasteiger partial charge in [0.1, 0.15) is 0 Å². The van der Waals surface area contributed by atoms with Crippen molar-refractivity contribution in [2.24, 2.45) is 0 Å². The maximum Gasteiger partial charge on any atom is 0.0506 e. The van der Waals surface area contributed by atoms with Gasteiger partial charge in [-0.05, 0) is 37.7 Å². The Kier molecular flexibility index (Phi) is 1.13. The lowest BCUT2D eigenvalue weighted by atomic mass is 10.2. The van der Waals surface area contributed by atoms with E-state index in [1.807, 2.05) is 0 Å². The fourth-order valence-corrected chi connectivity index (χ4v) is 1.83. The van der Waals surface area contributed by atoms with Crippen molar-refractivity contribution in [3.63, 3.8) is 0 Å². The monoisotopic (exact) mass is 279 g/mol. The number of nitrogens with zero attached hydrogens (tertiary/aromatic N) is 2. The molecule has 1 aliphatic rings. The minimum Gasteiger partial charge on any atom is -0.369 e. The van der Waals surface area contributed by atoms with Crippen molar-refractivity contribution >= 4 is 21.6 Å². The molecule has 0 aromatic heterocycles.